The van der Waals surface area contributed by atoms with Gasteiger partial charge >= 0.3 is 5.69 Å². The van der Waals surface area contributed by atoms with Crippen LogP contribution in [0.4, 0.5) is 4.39 Å². The predicted molar refractivity (Wildman–Crippen MR) is 115 cm³/mol. The molecule has 1 aromatic heterocycles. The molecule has 0 saturated heterocycles. The molecule has 1 unspecified atom stereocenters. The van der Waals surface area contributed by atoms with Crippen molar-refractivity contribution in [2.24, 2.45) is 0 Å². The minimum Gasteiger partial charge on any atom is -0.337 e. The first-order valence-corrected chi connectivity index (χ1v) is 10.9. The van der Waals surface area contributed by atoms with Gasteiger partial charge in [0.25, 0.3) is 0 Å². The number of nitrogens with zero attached hydrogens (tertiary/aromatic N) is 4. The zero-order valence-electron chi connectivity index (χ0n) is 16.9. The second-order valence-corrected chi connectivity index (χ2v) is 8.57. The number of carbonyl (C=O) groups excluding carboxylic acids is 1. The van der Waals surface area contributed by atoms with Crippen molar-refractivity contribution >= 4 is 17.5 Å². The molecule has 5 rings (SSSR count). The highest BCUT2D eigenvalue weighted by molar-refractivity contribution is 6.31. The molecular weight excluding hydrogens is 419 g/mol. The van der Waals surface area contributed by atoms with Gasteiger partial charge in [-0.3, -0.25) is 9.36 Å². The van der Waals surface area contributed by atoms with Crippen molar-refractivity contribution in [3.05, 3.63) is 86.3 Å². The minimum atomic E-state index is -0.434. The molecule has 1 atom stereocenters. The van der Waals surface area contributed by atoms with Gasteiger partial charge in [-0.1, -0.05) is 41.9 Å². The smallest absolute Gasteiger partial charge is 0.337 e. The standard InChI is InChI=1S/C23H22ClFN4O2/c24-20-12-18(25)8-7-17(20)14-29-23(31)28-10-3-6-19(21(28)26-29)22(30)27-11-9-15-4-1-2-5-16(15)13-27/h1-2,4-5,7-8,12,19H,3,6,9-11,13-14H2. The Morgan fingerprint density at radius 3 is 2.77 bits per heavy atom. The third-order valence-electron chi connectivity index (χ3n) is 6.21. The Balaban J connectivity index is 1.42. The average molecular weight is 441 g/mol. The molecule has 0 saturated carbocycles. The van der Waals surface area contributed by atoms with E-state index >= 15 is 0 Å². The summed E-state index contributed by atoms with van der Waals surface area (Å²) in [4.78, 5) is 28.2. The molecule has 2 aliphatic rings. The summed E-state index contributed by atoms with van der Waals surface area (Å²) in [5.74, 6) is -0.332. The molecule has 0 aliphatic carbocycles. The summed E-state index contributed by atoms with van der Waals surface area (Å²) >= 11 is 6.13. The number of fused-ring (bicyclic) bond motifs is 2. The maximum absolute atomic E-state index is 13.4. The first kappa shape index (κ1) is 20.0. The van der Waals surface area contributed by atoms with E-state index in [4.69, 9.17) is 11.6 Å². The molecule has 160 valence electrons. The summed E-state index contributed by atoms with van der Waals surface area (Å²) in [5, 5.41) is 4.77. The van der Waals surface area contributed by atoms with Gasteiger partial charge in [-0.2, -0.15) is 5.10 Å². The molecule has 3 aromatic rings. The Morgan fingerprint density at radius 1 is 1.16 bits per heavy atom. The first-order chi connectivity index (χ1) is 15.0. The Labute approximate surface area is 183 Å². The van der Waals surface area contributed by atoms with Crippen LogP contribution in [-0.4, -0.2) is 31.7 Å². The SMILES string of the molecule is O=C(C1CCCn2c1nn(Cc1ccc(F)cc1Cl)c2=O)N1CCc2ccccc2C1. The van der Waals surface area contributed by atoms with Crippen molar-refractivity contribution in [1.29, 1.82) is 0 Å². The average Bonchev–Trinajstić information content (AvgIpc) is 3.10. The van der Waals surface area contributed by atoms with Crippen molar-refractivity contribution in [3.8, 4) is 0 Å². The number of rotatable bonds is 3. The van der Waals surface area contributed by atoms with Gasteiger partial charge in [-0.15, -0.1) is 0 Å². The summed E-state index contributed by atoms with van der Waals surface area (Å²) < 4.78 is 16.3. The number of halogens is 2. The topological polar surface area (TPSA) is 60.1 Å². The van der Waals surface area contributed by atoms with Crippen LogP contribution in [0.2, 0.25) is 5.02 Å². The summed E-state index contributed by atoms with van der Waals surface area (Å²) in [6.07, 6.45) is 2.25. The van der Waals surface area contributed by atoms with Gasteiger partial charge in [0.15, 0.2) is 0 Å². The lowest BCUT2D eigenvalue weighted by Gasteiger charge is -2.32. The summed E-state index contributed by atoms with van der Waals surface area (Å²) in [6.45, 7) is 1.93. The van der Waals surface area contributed by atoms with E-state index in [1.54, 1.807) is 10.6 Å². The van der Waals surface area contributed by atoms with Crippen LogP contribution in [0, 0.1) is 5.82 Å². The molecule has 2 aliphatic heterocycles. The Hall–Kier alpha value is -2.93. The Bertz CT molecular complexity index is 1220. The summed E-state index contributed by atoms with van der Waals surface area (Å²) in [6, 6.07) is 12.3. The van der Waals surface area contributed by atoms with Gasteiger partial charge in [-0.25, -0.2) is 13.9 Å². The monoisotopic (exact) mass is 440 g/mol. The highest BCUT2D eigenvalue weighted by Gasteiger charge is 2.35. The molecule has 0 radical (unpaired) electrons. The first-order valence-electron chi connectivity index (χ1n) is 10.5. The summed E-state index contributed by atoms with van der Waals surface area (Å²) in [5.41, 5.74) is 2.80. The predicted octanol–water partition coefficient (Wildman–Crippen LogP) is 3.35. The lowest BCUT2D eigenvalue weighted by atomic mass is 9.94. The maximum atomic E-state index is 13.4. The number of carbonyl (C=O) groups is 1. The summed E-state index contributed by atoms with van der Waals surface area (Å²) in [7, 11) is 0. The van der Waals surface area contributed by atoms with Gasteiger partial charge in [0, 0.05) is 24.7 Å². The molecular formula is C23H22ClFN4O2. The highest BCUT2D eigenvalue weighted by Crippen LogP contribution is 2.29. The fourth-order valence-electron chi connectivity index (χ4n) is 4.56. The van der Waals surface area contributed by atoms with Crippen LogP contribution < -0.4 is 5.69 Å². The zero-order chi connectivity index (χ0) is 21.5. The zero-order valence-corrected chi connectivity index (χ0v) is 17.7. The number of hydrogen-bond donors (Lipinski definition) is 0. The van der Waals surface area contributed by atoms with Crippen molar-refractivity contribution in [3.63, 3.8) is 0 Å². The van der Waals surface area contributed by atoms with E-state index in [0.717, 1.165) is 12.8 Å². The fraction of sp³-hybridized carbons (Fsp3) is 0.348. The molecule has 31 heavy (non-hydrogen) atoms. The van der Waals surface area contributed by atoms with Crippen LogP contribution in [0.1, 0.15) is 41.3 Å². The van der Waals surface area contributed by atoms with E-state index < -0.39 is 11.7 Å². The number of aromatic nitrogens is 3. The minimum absolute atomic E-state index is 0.0208. The lowest BCUT2D eigenvalue weighted by molar-refractivity contribution is -0.134. The highest BCUT2D eigenvalue weighted by atomic mass is 35.5. The number of amides is 1. The second-order valence-electron chi connectivity index (χ2n) is 8.16. The van der Waals surface area contributed by atoms with Crippen molar-refractivity contribution in [2.45, 2.75) is 44.8 Å². The molecule has 0 fully saturated rings. The molecule has 0 spiro atoms. The molecule has 8 heteroatoms. The number of hydrogen-bond acceptors (Lipinski definition) is 3. The maximum Gasteiger partial charge on any atom is 0.346 e. The largest absolute Gasteiger partial charge is 0.346 e. The van der Waals surface area contributed by atoms with Crippen LogP contribution in [-0.2, 0) is 30.8 Å². The molecule has 0 bridgehead atoms. The van der Waals surface area contributed by atoms with Crippen LogP contribution in [0.3, 0.4) is 0 Å². The molecule has 1 amide bonds. The molecule has 6 nitrogen and oxygen atoms in total. The molecule has 0 N–H and O–H groups in total. The van der Waals surface area contributed by atoms with E-state index in [0.29, 0.717) is 37.4 Å². The molecule has 3 heterocycles. The lowest BCUT2D eigenvalue weighted by Crippen LogP contribution is -2.41. The van der Waals surface area contributed by atoms with Crippen LogP contribution in [0.5, 0.6) is 0 Å². The second kappa shape index (κ2) is 7.96. The van der Waals surface area contributed by atoms with Gasteiger partial charge in [0.1, 0.15) is 11.6 Å². The fourth-order valence-corrected chi connectivity index (χ4v) is 4.79. The van der Waals surface area contributed by atoms with Crippen molar-refractivity contribution in [1.82, 2.24) is 19.2 Å². The quantitative estimate of drug-likeness (QED) is 0.627. The van der Waals surface area contributed by atoms with Crippen LogP contribution in [0.15, 0.2) is 47.3 Å². The Kier molecular flexibility index (Phi) is 5.14. The molecule has 2 aromatic carbocycles. The third kappa shape index (κ3) is 3.67. The van der Waals surface area contributed by atoms with E-state index in [1.165, 1.54) is 27.9 Å². The third-order valence-corrected chi connectivity index (χ3v) is 6.57. The van der Waals surface area contributed by atoms with Gasteiger partial charge < -0.3 is 4.90 Å². The van der Waals surface area contributed by atoms with Crippen LogP contribution in [0.25, 0.3) is 0 Å². The Morgan fingerprint density at radius 2 is 1.97 bits per heavy atom. The van der Waals surface area contributed by atoms with Crippen molar-refractivity contribution in [2.75, 3.05) is 6.54 Å². The number of benzene rings is 2. The van der Waals surface area contributed by atoms with Crippen LogP contribution >= 0.6 is 11.6 Å². The van der Waals surface area contributed by atoms with Crippen molar-refractivity contribution < 1.29 is 9.18 Å². The van der Waals surface area contributed by atoms with Gasteiger partial charge in [0.05, 0.1) is 12.5 Å². The van der Waals surface area contributed by atoms with E-state index in [-0.39, 0.29) is 23.2 Å². The van der Waals surface area contributed by atoms with Gasteiger partial charge in [-0.05, 0) is 48.1 Å². The van der Waals surface area contributed by atoms with E-state index in [9.17, 15) is 14.0 Å². The van der Waals surface area contributed by atoms with Gasteiger partial charge in [0.2, 0.25) is 5.91 Å². The van der Waals surface area contributed by atoms with E-state index in [2.05, 4.69) is 17.2 Å². The van der Waals surface area contributed by atoms with E-state index in [1.807, 2.05) is 17.0 Å². The normalized spacial score (nSPS) is 17.9.